The van der Waals surface area contributed by atoms with Crippen molar-refractivity contribution in [2.75, 3.05) is 0 Å². The van der Waals surface area contributed by atoms with Gasteiger partial charge in [0.25, 0.3) is 5.91 Å². The van der Waals surface area contributed by atoms with Crippen LogP contribution in [0.1, 0.15) is 30.9 Å². The first-order chi connectivity index (χ1) is 14.9. The van der Waals surface area contributed by atoms with Crippen LogP contribution in [0.3, 0.4) is 0 Å². The number of H-pyrrole nitrogens is 1. The lowest BCUT2D eigenvalue weighted by Gasteiger charge is -2.21. The second kappa shape index (κ2) is 8.43. The summed E-state index contributed by atoms with van der Waals surface area (Å²) >= 11 is 6.07. The second-order valence-electron chi connectivity index (χ2n) is 7.93. The first-order valence-corrected chi connectivity index (χ1v) is 10.5. The lowest BCUT2D eigenvalue weighted by atomic mass is 9.93. The number of nitrogens with one attached hydrogen (secondary N) is 3. The molecule has 4 amide bonds. The fourth-order valence-electron chi connectivity index (χ4n) is 3.78. The Balaban J connectivity index is 1.35. The molecule has 2 heterocycles. The van der Waals surface area contributed by atoms with E-state index in [1.54, 1.807) is 13.0 Å². The molecule has 1 aromatic heterocycles. The highest BCUT2D eigenvalue weighted by molar-refractivity contribution is 6.31. The van der Waals surface area contributed by atoms with Gasteiger partial charge in [0.05, 0.1) is 0 Å². The van der Waals surface area contributed by atoms with Gasteiger partial charge in [-0.15, -0.1) is 0 Å². The summed E-state index contributed by atoms with van der Waals surface area (Å²) in [6.45, 7) is 1.68. The third-order valence-electron chi connectivity index (χ3n) is 5.60. The maximum Gasteiger partial charge on any atom is 0.344 e. The van der Waals surface area contributed by atoms with Crippen LogP contribution in [0.5, 0.6) is 0 Å². The predicted molar refractivity (Wildman–Crippen MR) is 118 cm³/mol. The van der Waals surface area contributed by atoms with Gasteiger partial charge >= 0.3 is 6.03 Å². The minimum atomic E-state index is -1.06. The zero-order valence-corrected chi connectivity index (χ0v) is 17.8. The molecule has 1 saturated heterocycles. The van der Waals surface area contributed by atoms with Crippen molar-refractivity contribution in [3.8, 4) is 0 Å². The number of imide groups is 1. The molecule has 2 aromatic carbocycles. The molecule has 1 atom stereocenters. The number of nitrogens with zero attached hydrogens (tertiary/aromatic N) is 1. The quantitative estimate of drug-likeness (QED) is 0.490. The lowest BCUT2D eigenvalue weighted by Crippen LogP contribution is -2.49. The highest BCUT2D eigenvalue weighted by Crippen LogP contribution is 2.24. The molecular formula is C23H23ClN4O3. The molecule has 0 bridgehead atoms. The van der Waals surface area contributed by atoms with E-state index in [0.29, 0.717) is 24.3 Å². The Morgan fingerprint density at radius 1 is 1.13 bits per heavy atom. The molecule has 31 heavy (non-hydrogen) atoms. The number of hydrogen-bond acceptors (Lipinski definition) is 3. The Morgan fingerprint density at radius 2 is 1.90 bits per heavy atom. The average molecular weight is 439 g/mol. The van der Waals surface area contributed by atoms with Gasteiger partial charge in [-0.25, -0.2) is 4.79 Å². The van der Waals surface area contributed by atoms with Crippen molar-refractivity contribution in [1.82, 2.24) is 20.7 Å². The average Bonchev–Trinajstić information content (AvgIpc) is 3.25. The number of carbonyl (C=O) groups is 3. The molecule has 1 unspecified atom stereocenters. The third kappa shape index (κ3) is 4.41. The monoisotopic (exact) mass is 438 g/mol. The van der Waals surface area contributed by atoms with Crippen LogP contribution in [0, 0.1) is 0 Å². The number of fused-ring (bicyclic) bond motifs is 1. The number of carbonyl (C=O) groups excluding carboxylic acids is 3. The van der Waals surface area contributed by atoms with Crippen LogP contribution in [0.4, 0.5) is 4.79 Å². The number of halogens is 1. The van der Waals surface area contributed by atoms with Crippen LogP contribution < -0.4 is 10.7 Å². The van der Waals surface area contributed by atoms with E-state index in [1.807, 2.05) is 48.7 Å². The summed E-state index contributed by atoms with van der Waals surface area (Å²) in [6, 6.07) is 14.6. The van der Waals surface area contributed by atoms with Gasteiger partial charge in [0.1, 0.15) is 5.54 Å². The molecule has 7 nitrogen and oxygen atoms in total. The lowest BCUT2D eigenvalue weighted by molar-refractivity contribution is -0.138. The minimum absolute atomic E-state index is 0.122. The van der Waals surface area contributed by atoms with Gasteiger partial charge in [0.15, 0.2) is 0 Å². The van der Waals surface area contributed by atoms with E-state index in [2.05, 4.69) is 15.7 Å². The van der Waals surface area contributed by atoms with Gasteiger partial charge in [-0.05, 0) is 55.5 Å². The molecule has 3 N–H and O–H groups in total. The van der Waals surface area contributed by atoms with Crippen molar-refractivity contribution in [1.29, 1.82) is 0 Å². The van der Waals surface area contributed by atoms with Crippen molar-refractivity contribution < 1.29 is 14.4 Å². The maximum atomic E-state index is 12.8. The zero-order valence-electron chi connectivity index (χ0n) is 17.1. The number of rotatable bonds is 7. The second-order valence-corrected chi connectivity index (χ2v) is 8.36. The number of aryl methyl sites for hydroxylation is 2. The normalized spacial score (nSPS) is 18.5. The van der Waals surface area contributed by atoms with E-state index >= 15 is 0 Å². The molecule has 0 spiro atoms. The van der Waals surface area contributed by atoms with Crippen molar-refractivity contribution in [2.45, 2.75) is 38.1 Å². The standard InChI is InChI=1S/C23H23ClN4O3/c1-23(12-11-15-5-3-2-4-6-15)21(30)28(22(31)26-23)27-20(29)10-7-16-14-25-19-9-8-17(24)13-18(16)19/h2-6,8-9,13-14,25H,7,10-12H2,1H3,(H,26,31)(H,27,29). The van der Waals surface area contributed by atoms with E-state index < -0.39 is 23.4 Å². The molecule has 3 aromatic rings. The van der Waals surface area contributed by atoms with Gasteiger partial charge in [0, 0.05) is 28.5 Å². The van der Waals surface area contributed by atoms with Gasteiger partial charge in [0.2, 0.25) is 5.91 Å². The zero-order chi connectivity index (χ0) is 22.0. The van der Waals surface area contributed by atoms with Crippen LogP contribution in [0.2, 0.25) is 5.02 Å². The van der Waals surface area contributed by atoms with E-state index in [1.165, 1.54) is 0 Å². The Hall–Kier alpha value is -3.32. The number of hydrazine groups is 1. The molecule has 1 aliphatic rings. The number of aromatic amines is 1. The summed E-state index contributed by atoms with van der Waals surface area (Å²) in [4.78, 5) is 40.8. The molecule has 8 heteroatoms. The van der Waals surface area contributed by atoms with Crippen LogP contribution in [-0.4, -0.2) is 33.4 Å². The summed E-state index contributed by atoms with van der Waals surface area (Å²) < 4.78 is 0. The Labute approximate surface area is 184 Å². The van der Waals surface area contributed by atoms with Crippen molar-refractivity contribution in [3.05, 3.63) is 70.9 Å². The van der Waals surface area contributed by atoms with Crippen molar-refractivity contribution in [3.63, 3.8) is 0 Å². The number of aromatic nitrogens is 1. The molecule has 0 aliphatic carbocycles. The van der Waals surface area contributed by atoms with Crippen LogP contribution >= 0.6 is 11.6 Å². The number of benzene rings is 2. The van der Waals surface area contributed by atoms with Gasteiger partial charge < -0.3 is 10.3 Å². The SMILES string of the molecule is CC1(CCc2ccccc2)NC(=O)N(NC(=O)CCc2c[nH]c3ccc(Cl)cc23)C1=O. The Morgan fingerprint density at radius 3 is 2.68 bits per heavy atom. The number of amides is 4. The minimum Gasteiger partial charge on any atom is -0.361 e. The van der Waals surface area contributed by atoms with E-state index in [0.717, 1.165) is 27.0 Å². The van der Waals surface area contributed by atoms with Crippen molar-refractivity contribution in [2.24, 2.45) is 0 Å². The Kier molecular flexibility index (Phi) is 5.69. The number of urea groups is 1. The molecule has 160 valence electrons. The first kappa shape index (κ1) is 20.9. The first-order valence-electron chi connectivity index (χ1n) is 10.1. The van der Waals surface area contributed by atoms with Gasteiger partial charge in [-0.2, -0.15) is 5.01 Å². The molecule has 4 rings (SSSR count). The largest absolute Gasteiger partial charge is 0.361 e. The highest BCUT2D eigenvalue weighted by atomic mass is 35.5. The Bertz CT molecular complexity index is 1140. The molecule has 1 fully saturated rings. The van der Waals surface area contributed by atoms with Gasteiger partial charge in [-0.1, -0.05) is 41.9 Å². The fourth-order valence-corrected chi connectivity index (χ4v) is 3.95. The maximum absolute atomic E-state index is 12.8. The molecule has 0 radical (unpaired) electrons. The van der Waals surface area contributed by atoms with Crippen LogP contribution in [0.15, 0.2) is 54.7 Å². The third-order valence-corrected chi connectivity index (χ3v) is 5.84. The summed E-state index contributed by atoms with van der Waals surface area (Å²) in [5.41, 5.74) is 4.34. The molecule has 1 aliphatic heterocycles. The van der Waals surface area contributed by atoms with E-state index in [4.69, 9.17) is 11.6 Å². The number of hydrogen-bond donors (Lipinski definition) is 3. The summed E-state index contributed by atoms with van der Waals surface area (Å²) in [7, 11) is 0. The van der Waals surface area contributed by atoms with E-state index in [-0.39, 0.29) is 6.42 Å². The van der Waals surface area contributed by atoms with Crippen LogP contribution in [-0.2, 0) is 22.4 Å². The molecular weight excluding hydrogens is 416 g/mol. The summed E-state index contributed by atoms with van der Waals surface area (Å²) in [5, 5.41) is 5.07. The highest BCUT2D eigenvalue weighted by Gasteiger charge is 2.48. The van der Waals surface area contributed by atoms with Gasteiger partial charge in [-0.3, -0.25) is 15.0 Å². The summed E-state index contributed by atoms with van der Waals surface area (Å²) in [6.07, 6.45) is 3.47. The van der Waals surface area contributed by atoms with Crippen molar-refractivity contribution >= 4 is 40.3 Å². The van der Waals surface area contributed by atoms with Crippen LogP contribution in [0.25, 0.3) is 10.9 Å². The topological polar surface area (TPSA) is 94.3 Å². The van der Waals surface area contributed by atoms with E-state index in [9.17, 15) is 14.4 Å². The summed E-state index contributed by atoms with van der Waals surface area (Å²) in [5.74, 6) is -0.868. The predicted octanol–water partition coefficient (Wildman–Crippen LogP) is 3.73. The molecule has 0 saturated carbocycles. The fraction of sp³-hybridized carbons (Fsp3) is 0.261. The smallest absolute Gasteiger partial charge is 0.344 e.